The molecule has 1 aliphatic heterocycles. The molecule has 0 spiro atoms. The van der Waals surface area contributed by atoms with Crippen molar-refractivity contribution in [3.05, 3.63) is 36.0 Å². The minimum atomic E-state index is 0.265. The highest BCUT2D eigenvalue weighted by Gasteiger charge is 2.20. The molecule has 0 radical (unpaired) electrons. The highest BCUT2D eigenvalue weighted by molar-refractivity contribution is 5.84. The topological polar surface area (TPSA) is 45.1 Å². The van der Waals surface area contributed by atoms with E-state index in [0.717, 1.165) is 24.2 Å². The third-order valence-corrected chi connectivity index (χ3v) is 2.92. The molecule has 1 aliphatic rings. The van der Waals surface area contributed by atoms with Crippen LogP contribution in [0.3, 0.4) is 0 Å². The van der Waals surface area contributed by atoms with Crippen LogP contribution >= 0.6 is 0 Å². The monoisotopic (exact) mass is 200 g/mol. The summed E-state index contributed by atoms with van der Waals surface area (Å²) in [5.41, 5.74) is 1.78. The van der Waals surface area contributed by atoms with Gasteiger partial charge in [-0.3, -0.25) is 0 Å². The molecular formula is C12H12N2O. The quantitative estimate of drug-likeness (QED) is 0.735. The Labute approximate surface area is 87.8 Å². The maximum absolute atomic E-state index is 9.69. The van der Waals surface area contributed by atoms with E-state index in [1.165, 1.54) is 0 Å². The zero-order chi connectivity index (χ0) is 10.3. The van der Waals surface area contributed by atoms with E-state index < -0.39 is 0 Å². The van der Waals surface area contributed by atoms with E-state index in [0.29, 0.717) is 11.4 Å². The van der Waals surface area contributed by atoms with E-state index >= 15 is 0 Å². The Kier molecular flexibility index (Phi) is 1.86. The number of pyridine rings is 1. The molecule has 2 aromatic rings. The molecule has 15 heavy (non-hydrogen) atoms. The lowest BCUT2D eigenvalue weighted by Crippen LogP contribution is -2.40. The van der Waals surface area contributed by atoms with E-state index in [-0.39, 0.29) is 5.75 Å². The molecule has 3 rings (SSSR count). The fourth-order valence-electron chi connectivity index (χ4n) is 1.87. The maximum atomic E-state index is 9.69. The molecule has 0 atom stereocenters. The average Bonchev–Trinajstić information content (AvgIpc) is 2.17. The van der Waals surface area contributed by atoms with Crippen LogP contribution in [0.25, 0.3) is 10.9 Å². The van der Waals surface area contributed by atoms with Gasteiger partial charge in [-0.1, -0.05) is 18.2 Å². The summed E-state index contributed by atoms with van der Waals surface area (Å²) in [6.45, 7) is 1.98. The minimum Gasteiger partial charge on any atom is -0.506 e. The number of nitrogens with one attached hydrogen (secondary N) is 1. The second-order valence-electron chi connectivity index (χ2n) is 3.94. The second-order valence-corrected chi connectivity index (χ2v) is 3.94. The van der Waals surface area contributed by atoms with E-state index in [1.54, 1.807) is 6.07 Å². The number of rotatable bonds is 1. The van der Waals surface area contributed by atoms with Crippen molar-refractivity contribution >= 4 is 10.9 Å². The third kappa shape index (κ3) is 1.36. The summed E-state index contributed by atoms with van der Waals surface area (Å²) >= 11 is 0. The standard InChI is InChI=1S/C12H12N2O/c15-11-3-1-2-8-4-5-10(14-12(8)11)9-6-13-7-9/h1-5,9,13,15H,6-7H2. The molecule has 2 heterocycles. The van der Waals surface area contributed by atoms with Crippen molar-refractivity contribution in [2.24, 2.45) is 0 Å². The summed E-state index contributed by atoms with van der Waals surface area (Å²) < 4.78 is 0. The Morgan fingerprint density at radius 2 is 2.07 bits per heavy atom. The molecule has 76 valence electrons. The van der Waals surface area contributed by atoms with Gasteiger partial charge in [0.25, 0.3) is 0 Å². The fourth-order valence-corrected chi connectivity index (χ4v) is 1.87. The number of fused-ring (bicyclic) bond motifs is 1. The lowest BCUT2D eigenvalue weighted by molar-refractivity contribution is 0.440. The first kappa shape index (κ1) is 8.68. The van der Waals surface area contributed by atoms with E-state index in [9.17, 15) is 5.11 Å². The number of benzene rings is 1. The van der Waals surface area contributed by atoms with Gasteiger partial charge in [0.15, 0.2) is 0 Å². The molecule has 0 unspecified atom stereocenters. The molecule has 1 fully saturated rings. The summed E-state index contributed by atoms with van der Waals surface area (Å²) in [7, 11) is 0. The van der Waals surface area contributed by atoms with Gasteiger partial charge in [-0.15, -0.1) is 0 Å². The van der Waals surface area contributed by atoms with Crippen molar-refractivity contribution in [3.8, 4) is 5.75 Å². The molecule has 0 bridgehead atoms. The SMILES string of the molecule is Oc1cccc2ccc(C3CNC3)nc12. The number of aromatic hydroxyl groups is 1. The van der Waals surface area contributed by atoms with E-state index in [1.807, 2.05) is 24.3 Å². The second kappa shape index (κ2) is 3.21. The number of nitrogens with zero attached hydrogens (tertiary/aromatic N) is 1. The first-order valence-electron chi connectivity index (χ1n) is 5.14. The molecule has 1 saturated heterocycles. The van der Waals surface area contributed by atoms with Crippen LogP contribution in [-0.4, -0.2) is 23.2 Å². The van der Waals surface area contributed by atoms with Gasteiger partial charge in [-0.25, -0.2) is 4.98 Å². The molecule has 0 amide bonds. The molecule has 1 aromatic carbocycles. The lowest BCUT2D eigenvalue weighted by atomic mass is 9.98. The van der Waals surface area contributed by atoms with E-state index in [4.69, 9.17) is 0 Å². The molecule has 3 nitrogen and oxygen atoms in total. The van der Waals surface area contributed by atoms with Crippen molar-refractivity contribution in [3.63, 3.8) is 0 Å². The maximum Gasteiger partial charge on any atom is 0.141 e. The summed E-state index contributed by atoms with van der Waals surface area (Å²) in [6.07, 6.45) is 0. The molecule has 0 saturated carbocycles. The van der Waals surface area contributed by atoms with Crippen molar-refractivity contribution in [1.29, 1.82) is 0 Å². The zero-order valence-corrected chi connectivity index (χ0v) is 8.27. The van der Waals surface area contributed by atoms with Crippen LogP contribution in [0.5, 0.6) is 5.75 Å². The number of phenolic OH excluding ortho intramolecular Hbond substituents is 1. The zero-order valence-electron chi connectivity index (χ0n) is 8.27. The summed E-state index contributed by atoms with van der Waals surface area (Å²) in [6, 6.07) is 9.55. The average molecular weight is 200 g/mol. The van der Waals surface area contributed by atoms with E-state index in [2.05, 4.69) is 10.3 Å². The molecule has 2 N–H and O–H groups in total. The van der Waals surface area contributed by atoms with Gasteiger partial charge < -0.3 is 10.4 Å². The molecule has 3 heteroatoms. The van der Waals surface area contributed by atoms with Crippen LogP contribution in [0.2, 0.25) is 0 Å². The van der Waals surface area contributed by atoms with Crippen LogP contribution in [0, 0.1) is 0 Å². The Morgan fingerprint density at radius 3 is 2.80 bits per heavy atom. The largest absolute Gasteiger partial charge is 0.506 e. The predicted molar refractivity (Wildman–Crippen MR) is 59.0 cm³/mol. The van der Waals surface area contributed by atoms with Gasteiger partial charge in [0, 0.05) is 30.1 Å². The van der Waals surface area contributed by atoms with Gasteiger partial charge in [0.1, 0.15) is 11.3 Å². The van der Waals surface area contributed by atoms with Crippen molar-refractivity contribution in [2.45, 2.75) is 5.92 Å². The Hall–Kier alpha value is -1.61. The summed E-state index contributed by atoms with van der Waals surface area (Å²) in [4.78, 5) is 4.51. The normalized spacial score (nSPS) is 16.5. The highest BCUT2D eigenvalue weighted by Crippen LogP contribution is 2.25. The van der Waals surface area contributed by atoms with Crippen LogP contribution in [-0.2, 0) is 0 Å². The molecular weight excluding hydrogens is 188 g/mol. The van der Waals surface area contributed by atoms with Gasteiger partial charge >= 0.3 is 0 Å². The number of hydrogen-bond donors (Lipinski definition) is 2. The number of aromatic nitrogens is 1. The van der Waals surface area contributed by atoms with Gasteiger partial charge in [-0.2, -0.15) is 0 Å². The molecule has 0 aliphatic carbocycles. The van der Waals surface area contributed by atoms with Gasteiger partial charge in [0.05, 0.1) is 0 Å². The number of phenols is 1. The van der Waals surface area contributed by atoms with Crippen LogP contribution in [0.1, 0.15) is 11.6 Å². The van der Waals surface area contributed by atoms with Crippen LogP contribution in [0.15, 0.2) is 30.3 Å². The van der Waals surface area contributed by atoms with Gasteiger partial charge in [-0.05, 0) is 12.1 Å². The highest BCUT2D eigenvalue weighted by atomic mass is 16.3. The summed E-state index contributed by atoms with van der Waals surface area (Å²) in [5, 5.41) is 13.9. The lowest BCUT2D eigenvalue weighted by Gasteiger charge is -2.26. The van der Waals surface area contributed by atoms with Crippen molar-refractivity contribution in [2.75, 3.05) is 13.1 Å². The first-order chi connectivity index (χ1) is 7.34. The fraction of sp³-hybridized carbons (Fsp3) is 0.250. The van der Waals surface area contributed by atoms with Crippen molar-refractivity contribution in [1.82, 2.24) is 10.3 Å². The Morgan fingerprint density at radius 1 is 1.20 bits per heavy atom. The van der Waals surface area contributed by atoms with Crippen molar-refractivity contribution < 1.29 is 5.11 Å². The first-order valence-corrected chi connectivity index (χ1v) is 5.14. The summed E-state index contributed by atoms with van der Waals surface area (Å²) in [5.74, 6) is 0.774. The van der Waals surface area contributed by atoms with Crippen LogP contribution in [0.4, 0.5) is 0 Å². The third-order valence-electron chi connectivity index (χ3n) is 2.92. The Bertz CT molecular complexity index is 506. The molecule has 1 aromatic heterocycles. The minimum absolute atomic E-state index is 0.265. The van der Waals surface area contributed by atoms with Crippen LogP contribution < -0.4 is 5.32 Å². The smallest absolute Gasteiger partial charge is 0.141 e. The predicted octanol–water partition coefficient (Wildman–Crippen LogP) is 1.63. The number of para-hydroxylation sites is 1. The van der Waals surface area contributed by atoms with Gasteiger partial charge in [0.2, 0.25) is 0 Å². The number of hydrogen-bond acceptors (Lipinski definition) is 3. The Balaban J connectivity index is 2.15.